The number of benzene rings is 1. The standard InChI is InChI=1S/C14H21NO2/c1-10-5-6-15(8-14(10)17)13-4-3-12(9-16)11(2)7-13/h3-4,7,10,14,16-17H,5-6,8-9H2,1-2H3. The van der Waals surface area contributed by atoms with Crippen molar-refractivity contribution in [1.82, 2.24) is 0 Å². The van der Waals surface area contributed by atoms with Crippen LogP contribution in [0.4, 0.5) is 5.69 Å². The van der Waals surface area contributed by atoms with Crippen molar-refractivity contribution in [2.45, 2.75) is 33.0 Å². The van der Waals surface area contributed by atoms with Gasteiger partial charge in [0.1, 0.15) is 0 Å². The number of aliphatic hydroxyl groups is 2. The van der Waals surface area contributed by atoms with Gasteiger partial charge in [-0.3, -0.25) is 0 Å². The molecule has 0 amide bonds. The van der Waals surface area contributed by atoms with Gasteiger partial charge in [-0.15, -0.1) is 0 Å². The Morgan fingerprint density at radius 1 is 1.41 bits per heavy atom. The lowest BCUT2D eigenvalue weighted by atomic mass is 9.95. The maximum atomic E-state index is 9.90. The van der Waals surface area contributed by atoms with E-state index in [0.29, 0.717) is 12.5 Å². The predicted molar refractivity (Wildman–Crippen MR) is 69.1 cm³/mol. The predicted octanol–water partition coefficient (Wildman–Crippen LogP) is 1.69. The molecule has 2 N–H and O–H groups in total. The molecule has 1 heterocycles. The highest BCUT2D eigenvalue weighted by atomic mass is 16.3. The van der Waals surface area contributed by atoms with Crippen molar-refractivity contribution in [1.29, 1.82) is 0 Å². The molecule has 3 heteroatoms. The van der Waals surface area contributed by atoms with Crippen LogP contribution in [0.5, 0.6) is 0 Å². The van der Waals surface area contributed by atoms with Gasteiger partial charge in [0, 0.05) is 18.8 Å². The van der Waals surface area contributed by atoms with Crippen LogP contribution >= 0.6 is 0 Å². The molecule has 0 bridgehead atoms. The van der Waals surface area contributed by atoms with Crippen molar-refractivity contribution >= 4 is 5.69 Å². The Kier molecular flexibility index (Phi) is 3.69. The van der Waals surface area contributed by atoms with E-state index in [2.05, 4.69) is 17.9 Å². The second kappa shape index (κ2) is 5.07. The first-order valence-corrected chi connectivity index (χ1v) is 6.25. The Labute approximate surface area is 103 Å². The summed E-state index contributed by atoms with van der Waals surface area (Å²) in [4.78, 5) is 2.22. The van der Waals surface area contributed by atoms with Crippen LogP contribution in [0.25, 0.3) is 0 Å². The van der Waals surface area contributed by atoms with Crippen molar-refractivity contribution < 1.29 is 10.2 Å². The fourth-order valence-corrected chi connectivity index (χ4v) is 2.34. The maximum Gasteiger partial charge on any atom is 0.0741 e. The van der Waals surface area contributed by atoms with E-state index in [-0.39, 0.29) is 12.7 Å². The van der Waals surface area contributed by atoms with Crippen LogP contribution in [0.1, 0.15) is 24.5 Å². The van der Waals surface area contributed by atoms with Crippen molar-refractivity contribution in [3.8, 4) is 0 Å². The Bertz CT molecular complexity index is 392. The SMILES string of the molecule is Cc1cc(N2CCC(C)C(O)C2)ccc1CO. The van der Waals surface area contributed by atoms with E-state index >= 15 is 0 Å². The van der Waals surface area contributed by atoms with Gasteiger partial charge in [-0.2, -0.15) is 0 Å². The molecular formula is C14H21NO2. The quantitative estimate of drug-likeness (QED) is 0.820. The van der Waals surface area contributed by atoms with Crippen LogP contribution in [0.3, 0.4) is 0 Å². The lowest BCUT2D eigenvalue weighted by molar-refractivity contribution is 0.103. The molecular weight excluding hydrogens is 214 g/mol. The highest BCUT2D eigenvalue weighted by molar-refractivity contribution is 5.51. The van der Waals surface area contributed by atoms with E-state index in [1.807, 2.05) is 19.1 Å². The molecule has 1 saturated heterocycles. The van der Waals surface area contributed by atoms with E-state index in [0.717, 1.165) is 29.8 Å². The van der Waals surface area contributed by atoms with Crippen LogP contribution in [0.2, 0.25) is 0 Å². The minimum atomic E-state index is -0.235. The number of piperidine rings is 1. The van der Waals surface area contributed by atoms with E-state index in [4.69, 9.17) is 5.11 Å². The molecule has 0 aromatic heterocycles. The first kappa shape index (κ1) is 12.4. The molecule has 2 atom stereocenters. The van der Waals surface area contributed by atoms with E-state index in [9.17, 15) is 5.11 Å². The highest BCUT2D eigenvalue weighted by Gasteiger charge is 2.24. The molecule has 0 radical (unpaired) electrons. The van der Waals surface area contributed by atoms with Gasteiger partial charge >= 0.3 is 0 Å². The number of aliphatic hydroxyl groups excluding tert-OH is 2. The maximum absolute atomic E-state index is 9.90. The Balaban J connectivity index is 2.15. The van der Waals surface area contributed by atoms with Crippen molar-refractivity contribution in [3.05, 3.63) is 29.3 Å². The van der Waals surface area contributed by atoms with Gasteiger partial charge < -0.3 is 15.1 Å². The number of aryl methyl sites for hydroxylation is 1. The van der Waals surface area contributed by atoms with Gasteiger partial charge in [-0.25, -0.2) is 0 Å². The van der Waals surface area contributed by atoms with Gasteiger partial charge in [0.2, 0.25) is 0 Å². The first-order chi connectivity index (χ1) is 8.11. The minimum Gasteiger partial charge on any atom is -0.392 e. The smallest absolute Gasteiger partial charge is 0.0741 e. The molecule has 0 saturated carbocycles. The van der Waals surface area contributed by atoms with Crippen molar-refractivity contribution in [3.63, 3.8) is 0 Å². The third-order valence-corrected chi connectivity index (χ3v) is 3.78. The summed E-state index contributed by atoms with van der Waals surface area (Å²) >= 11 is 0. The van der Waals surface area contributed by atoms with Crippen molar-refractivity contribution in [2.24, 2.45) is 5.92 Å². The number of anilines is 1. The third-order valence-electron chi connectivity index (χ3n) is 3.78. The Morgan fingerprint density at radius 3 is 2.76 bits per heavy atom. The molecule has 2 unspecified atom stereocenters. The van der Waals surface area contributed by atoms with Crippen LogP contribution in [-0.4, -0.2) is 29.4 Å². The van der Waals surface area contributed by atoms with E-state index in [1.165, 1.54) is 0 Å². The highest BCUT2D eigenvalue weighted by Crippen LogP contribution is 2.25. The summed E-state index contributed by atoms with van der Waals surface area (Å²) in [5.74, 6) is 0.393. The van der Waals surface area contributed by atoms with E-state index in [1.54, 1.807) is 0 Å². The second-order valence-electron chi connectivity index (χ2n) is 5.05. The molecule has 1 aromatic rings. The lowest BCUT2D eigenvalue weighted by Gasteiger charge is -2.36. The summed E-state index contributed by atoms with van der Waals surface area (Å²) < 4.78 is 0. The molecule has 0 aliphatic carbocycles. The first-order valence-electron chi connectivity index (χ1n) is 6.25. The van der Waals surface area contributed by atoms with Crippen LogP contribution in [-0.2, 0) is 6.61 Å². The van der Waals surface area contributed by atoms with Gasteiger partial charge in [-0.1, -0.05) is 13.0 Å². The lowest BCUT2D eigenvalue weighted by Crippen LogP contribution is -2.42. The number of hydrogen-bond donors (Lipinski definition) is 2. The van der Waals surface area contributed by atoms with Crippen LogP contribution in [0, 0.1) is 12.8 Å². The molecule has 2 rings (SSSR count). The monoisotopic (exact) mass is 235 g/mol. The third kappa shape index (κ3) is 2.61. The molecule has 3 nitrogen and oxygen atoms in total. The fraction of sp³-hybridized carbons (Fsp3) is 0.571. The van der Waals surface area contributed by atoms with Gasteiger partial charge in [0.05, 0.1) is 12.7 Å². The Hall–Kier alpha value is -1.06. The summed E-state index contributed by atoms with van der Waals surface area (Å²) in [5.41, 5.74) is 3.23. The van der Waals surface area contributed by atoms with Crippen LogP contribution < -0.4 is 4.90 Å². The summed E-state index contributed by atoms with van der Waals surface area (Å²) in [6, 6.07) is 6.09. The van der Waals surface area contributed by atoms with Crippen LogP contribution in [0.15, 0.2) is 18.2 Å². The number of rotatable bonds is 2. The molecule has 0 spiro atoms. The summed E-state index contributed by atoms with van der Waals surface area (Å²) in [5, 5.41) is 19.0. The summed E-state index contributed by atoms with van der Waals surface area (Å²) in [6.45, 7) is 5.90. The minimum absolute atomic E-state index is 0.0891. The molecule has 1 aliphatic heterocycles. The number of nitrogens with zero attached hydrogens (tertiary/aromatic N) is 1. The molecule has 17 heavy (non-hydrogen) atoms. The average molecular weight is 235 g/mol. The van der Waals surface area contributed by atoms with Gasteiger partial charge in [-0.05, 0) is 42.5 Å². The second-order valence-corrected chi connectivity index (χ2v) is 5.05. The normalized spacial score (nSPS) is 25.1. The van der Waals surface area contributed by atoms with E-state index < -0.39 is 0 Å². The molecule has 1 aliphatic rings. The molecule has 1 aromatic carbocycles. The number of β-amino-alcohol motifs (C(OH)–C–C–N with tert-alkyl or cyclic N) is 1. The zero-order chi connectivity index (χ0) is 12.4. The Morgan fingerprint density at radius 2 is 2.18 bits per heavy atom. The molecule has 94 valence electrons. The average Bonchev–Trinajstić information content (AvgIpc) is 2.32. The van der Waals surface area contributed by atoms with Gasteiger partial charge in [0.25, 0.3) is 0 Å². The molecule has 1 fully saturated rings. The zero-order valence-electron chi connectivity index (χ0n) is 10.6. The largest absolute Gasteiger partial charge is 0.392 e. The van der Waals surface area contributed by atoms with Crippen molar-refractivity contribution in [2.75, 3.05) is 18.0 Å². The summed E-state index contributed by atoms with van der Waals surface area (Å²) in [7, 11) is 0. The topological polar surface area (TPSA) is 43.7 Å². The van der Waals surface area contributed by atoms with Gasteiger partial charge in [0.15, 0.2) is 0 Å². The zero-order valence-corrected chi connectivity index (χ0v) is 10.6. The summed E-state index contributed by atoms with van der Waals surface area (Å²) in [6.07, 6.45) is 0.795. The number of hydrogen-bond acceptors (Lipinski definition) is 3. The fourth-order valence-electron chi connectivity index (χ4n) is 2.34.